The van der Waals surface area contributed by atoms with E-state index in [1.165, 1.54) is 6.42 Å². The molecule has 0 aromatic heterocycles. The average Bonchev–Trinajstić information content (AvgIpc) is 2.68. The monoisotopic (exact) mass is 399 g/mol. The van der Waals surface area contributed by atoms with E-state index in [1.54, 1.807) is 16.8 Å². The largest absolute Gasteiger partial charge is 0.342 e. The molecule has 1 aliphatic rings. The molecule has 0 heterocycles. The van der Waals surface area contributed by atoms with Crippen LogP contribution in [0.4, 0.5) is 18.9 Å². The van der Waals surface area contributed by atoms with Crippen LogP contribution in [0.3, 0.4) is 0 Å². The lowest BCUT2D eigenvalue weighted by Gasteiger charge is -2.33. The van der Waals surface area contributed by atoms with E-state index in [2.05, 4.69) is 5.32 Å². The molecule has 0 aliphatic heterocycles. The second-order valence-corrected chi connectivity index (χ2v) is 7.28. The summed E-state index contributed by atoms with van der Waals surface area (Å²) in [4.78, 5) is 28.3. The Hall–Kier alpha value is -2.09. The molecule has 1 N–H and O–H groups in total. The number of carbonyl (C=O) groups is 2. The summed E-state index contributed by atoms with van der Waals surface area (Å²) in [5.41, 5.74) is -0.425. The van der Waals surface area contributed by atoms with Crippen molar-refractivity contribution in [1.82, 2.24) is 9.80 Å². The first-order chi connectivity index (χ1) is 13.3. The number of likely N-dealkylation sites (N-methyl/N-ethyl adjacent to an activating group) is 1. The van der Waals surface area contributed by atoms with Crippen LogP contribution in [-0.4, -0.2) is 54.3 Å². The van der Waals surface area contributed by atoms with Gasteiger partial charge in [-0.05, 0) is 37.9 Å². The fourth-order valence-electron chi connectivity index (χ4n) is 3.52. The number of carbonyl (C=O) groups excluding carboxylic acids is 2. The fourth-order valence-corrected chi connectivity index (χ4v) is 3.52. The van der Waals surface area contributed by atoms with Gasteiger partial charge in [0, 0.05) is 13.1 Å². The van der Waals surface area contributed by atoms with E-state index in [9.17, 15) is 22.8 Å². The van der Waals surface area contributed by atoms with Gasteiger partial charge < -0.3 is 10.2 Å². The summed E-state index contributed by atoms with van der Waals surface area (Å²) in [7, 11) is 1.79. The third-order valence-corrected chi connectivity index (χ3v) is 5.09. The maximum absolute atomic E-state index is 13.7. The standard InChI is InChI=1S/C20H28F3N3O2/c1-3-11-26(13-18(28)25(2)14-7-5-4-6-8-14)12-17(27)24-16-10-9-15(21)19(22)20(16)23/h9-10,14H,3-8,11-13H2,1-2H3,(H,24,27). The van der Waals surface area contributed by atoms with Crippen LogP contribution in [-0.2, 0) is 9.59 Å². The number of halogens is 3. The Labute approximate surface area is 163 Å². The first kappa shape index (κ1) is 22.2. The molecule has 2 rings (SSSR count). The molecule has 1 aromatic carbocycles. The minimum Gasteiger partial charge on any atom is -0.342 e. The Kier molecular flexibility index (Phi) is 8.29. The maximum atomic E-state index is 13.7. The summed E-state index contributed by atoms with van der Waals surface area (Å²) in [6.07, 6.45) is 6.14. The molecule has 1 aromatic rings. The van der Waals surface area contributed by atoms with Crippen molar-refractivity contribution in [2.24, 2.45) is 0 Å². The van der Waals surface area contributed by atoms with Crippen LogP contribution in [0.25, 0.3) is 0 Å². The number of hydrogen-bond donors (Lipinski definition) is 1. The molecule has 28 heavy (non-hydrogen) atoms. The predicted octanol–water partition coefficient (Wildman–Crippen LogP) is 3.55. The summed E-state index contributed by atoms with van der Waals surface area (Å²) < 4.78 is 40.0. The highest BCUT2D eigenvalue weighted by molar-refractivity contribution is 5.92. The minimum absolute atomic E-state index is 0.0628. The van der Waals surface area contributed by atoms with Gasteiger partial charge in [-0.3, -0.25) is 14.5 Å². The van der Waals surface area contributed by atoms with Crippen molar-refractivity contribution in [1.29, 1.82) is 0 Å². The Morgan fingerprint density at radius 2 is 1.75 bits per heavy atom. The molecule has 0 bridgehead atoms. The van der Waals surface area contributed by atoms with E-state index >= 15 is 0 Å². The lowest BCUT2D eigenvalue weighted by Crippen LogP contribution is -2.46. The number of hydrogen-bond acceptors (Lipinski definition) is 3. The van der Waals surface area contributed by atoms with E-state index < -0.39 is 29.0 Å². The lowest BCUT2D eigenvalue weighted by molar-refractivity contribution is -0.134. The van der Waals surface area contributed by atoms with E-state index in [-0.39, 0.29) is 25.0 Å². The molecule has 2 amide bonds. The Balaban J connectivity index is 1.94. The number of anilines is 1. The van der Waals surface area contributed by atoms with Gasteiger partial charge in [-0.15, -0.1) is 0 Å². The van der Waals surface area contributed by atoms with Gasteiger partial charge in [0.15, 0.2) is 17.5 Å². The summed E-state index contributed by atoms with van der Waals surface area (Å²) in [6.45, 7) is 2.37. The van der Waals surface area contributed by atoms with Crippen molar-refractivity contribution < 1.29 is 22.8 Å². The minimum atomic E-state index is -1.63. The molecule has 1 aliphatic carbocycles. The van der Waals surface area contributed by atoms with E-state index in [0.29, 0.717) is 6.54 Å². The van der Waals surface area contributed by atoms with Crippen molar-refractivity contribution >= 4 is 17.5 Å². The Morgan fingerprint density at radius 1 is 1.07 bits per heavy atom. The van der Waals surface area contributed by atoms with Crippen LogP contribution in [0.2, 0.25) is 0 Å². The van der Waals surface area contributed by atoms with E-state index in [0.717, 1.165) is 44.2 Å². The van der Waals surface area contributed by atoms with Crippen LogP contribution in [0, 0.1) is 17.5 Å². The number of nitrogens with zero attached hydrogens (tertiary/aromatic N) is 2. The second-order valence-electron chi connectivity index (χ2n) is 7.28. The van der Waals surface area contributed by atoms with Gasteiger partial charge in [-0.25, -0.2) is 13.2 Å². The molecule has 1 saturated carbocycles. The topological polar surface area (TPSA) is 52.7 Å². The normalized spacial score (nSPS) is 14.9. The zero-order valence-electron chi connectivity index (χ0n) is 16.4. The SMILES string of the molecule is CCCN(CC(=O)Nc1ccc(F)c(F)c1F)CC(=O)N(C)C1CCCCC1. The van der Waals surface area contributed by atoms with Crippen molar-refractivity contribution in [3.63, 3.8) is 0 Å². The molecule has 0 spiro atoms. The van der Waals surface area contributed by atoms with E-state index in [1.807, 2.05) is 6.92 Å². The van der Waals surface area contributed by atoms with Crippen LogP contribution < -0.4 is 5.32 Å². The molecule has 0 unspecified atom stereocenters. The van der Waals surface area contributed by atoms with Gasteiger partial charge in [0.05, 0.1) is 18.8 Å². The van der Waals surface area contributed by atoms with Crippen molar-refractivity contribution in [3.05, 3.63) is 29.6 Å². The zero-order chi connectivity index (χ0) is 20.7. The van der Waals surface area contributed by atoms with Gasteiger partial charge in [-0.2, -0.15) is 0 Å². The summed E-state index contributed by atoms with van der Waals surface area (Å²) in [5.74, 6) is -5.05. The summed E-state index contributed by atoms with van der Waals surface area (Å²) in [6, 6.07) is 1.95. The number of benzene rings is 1. The third kappa shape index (κ3) is 5.95. The van der Waals surface area contributed by atoms with Crippen molar-refractivity contribution in [2.45, 2.75) is 51.5 Å². The van der Waals surface area contributed by atoms with Gasteiger partial charge in [0.2, 0.25) is 11.8 Å². The summed E-state index contributed by atoms with van der Waals surface area (Å²) in [5, 5.41) is 2.25. The first-order valence-electron chi connectivity index (χ1n) is 9.74. The van der Waals surface area contributed by atoms with Gasteiger partial charge in [0.1, 0.15) is 0 Å². The molecule has 8 heteroatoms. The molecule has 5 nitrogen and oxygen atoms in total. The molecular weight excluding hydrogens is 371 g/mol. The van der Waals surface area contributed by atoms with Gasteiger partial charge in [0.25, 0.3) is 0 Å². The molecule has 1 fully saturated rings. The number of amides is 2. The van der Waals surface area contributed by atoms with Crippen molar-refractivity contribution in [2.75, 3.05) is 32.0 Å². The molecule has 0 saturated heterocycles. The van der Waals surface area contributed by atoms with E-state index in [4.69, 9.17) is 0 Å². The molecule has 0 atom stereocenters. The quantitative estimate of drug-likeness (QED) is 0.681. The summed E-state index contributed by atoms with van der Waals surface area (Å²) >= 11 is 0. The fraction of sp³-hybridized carbons (Fsp3) is 0.600. The third-order valence-electron chi connectivity index (χ3n) is 5.09. The highest BCUT2D eigenvalue weighted by Crippen LogP contribution is 2.22. The second kappa shape index (κ2) is 10.5. The number of rotatable bonds is 8. The van der Waals surface area contributed by atoms with Crippen LogP contribution in [0.1, 0.15) is 45.4 Å². The molecular formula is C20H28F3N3O2. The Bertz CT molecular complexity index is 694. The highest BCUT2D eigenvalue weighted by atomic mass is 19.2. The highest BCUT2D eigenvalue weighted by Gasteiger charge is 2.24. The first-order valence-corrected chi connectivity index (χ1v) is 9.74. The smallest absolute Gasteiger partial charge is 0.238 e. The lowest BCUT2D eigenvalue weighted by atomic mass is 9.94. The van der Waals surface area contributed by atoms with Crippen molar-refractivity contribution in [3.8, 4) is 0 Å². The predicted molar refractivity (Wildman–Crippen MR) is 101 cm³/mol. The Morgan fingerprint density at radius 3 is 2.39 bits per heavy atom. The van der Waals surface area contributed by atoms with Crippen LogP contribution in [0.15, 0.2) is 12.1 Å². The van der Waals surface area contributed by atoms with Gasteiger partial charge in [-0.1, -0.05) is 26.2 Å². The molecule has 0 radical (unpaired) electrons. The number of nitrogens with one attached hydrogen (secondary N) is 1. The van der Waals surface area contributed by atoms with Gasteiger partial charge >= 0.3 is 0 Å². The maximum Gasteiger partial charge on any atom is 0.238 e. The average molecular weight is 399 g/mol. The zero-order valence-corrected chi connectivity index (χ0v) is 16.4. The van der Waals surface area contributed by atoms with Crippen LogP contribution in [0.5, 0.6) is 0 Å². The van der Waals surface area contributed by atoms with Crippen LogP contribution >= 0.6 is 0 Å². The molecule has 156 valence electrons.